The fourth-order valence-electron chi connectivity index (χ4n) is 4.89. The van der Waals surface area contributed by atoms with E-state index in [1.165, 1.54) is 0 Å². The number of aliphatic carboxylic acids is 1. The van der Waals surface area contributed by atoms with Crippen LogP contribution >= 0.6 is 0 Å². The summed E-state index contributed by atoms with van der Waals surface area (Å²) in [5, 5.41) is 21.3. The molecule has 0 spiro atoms. The van der Waals surface area contributed by atoms with Gasteiger partial charge in [-0.05, 0) is 68.4 Å². The standard InChI is InChI=1S/C30H34N4O6/c1-3-40-30(39)24-7-5-4-6-22(24)16-20-8-10-23(11-9-20)34-14-12-21(13-15-34)17-25-32-19(2)28(37)27(33-25)29(38)31-18-26(35)36/h4-11,21,37H,3,12-18H2,1-2H3,(H,31,38)(H,35,36). The van der Waals surface area contributed by atoms with E-state index >= 15 is 0 Å². The van der Waals surface area contributed by atoms with Crippen molar-refractivity contribution >= 4 is 23.5 Å². The highest BCUT2D eigenvalue weighted by Gasteiger charge is 2.24. The zero-order chi connectivity index (χ0) is 28.6. The predicted octanol–water partition coefficient (Wildman–Crippen LogP) is 3.53. The Morgan fingerprint density at radius 1 is 1.05 bits per heavy atom. The van der Waals surface area contributed by atoms with Crippen molar-refractivity contribution in [3.8, 4) is 5.75 Å². The number of nitrogens with zero attached hydrogens (tertiary/aromatic N) is 3. The molecule has 3 aromatic rings. The first-order valence-corrected chi connectivity index (χ1v) is 13.4. The maximum atomic E-state index is 12.3. The number of carbonyl (C=O) groups excluding carboxylic acids is 2. The van der Waals surface area contributed by atoms with Crippen molar-refractivity contribution in [1.82, 2.24) is 15.3 Å². The number of esters is 1. The van der Waals surface area contributed by atoms with Crippen LogP contribution in [0.25, 0.3) is 0 Å². The van der Waals surface area contributed by atoms with E-state index in [1.807, 2.05) is 18.2 Å². The Bertz CT molecular complexity index is 1370. The third-order valence-electron chi connectivity index (χ3n) is 7.01. The molecule has 0 radical (unpaired) electrons. The molecule has 1 fully saturated rings. The summed E-state index contributed by atoms with van der Waals surface area (Å²) >= 11 is 0. The Kier molecular flexibility index (Phi) is 9.31. The van der Waals surface area contributed by atoms with Crippen LogP contribution in [-0.4, -0.2) is 64.3 Å². The smallest absolute Gasteiger partial charge is 0.338 e. The minimum Gasteiger partial charge on any atom is -0.504 e. The number of ether oxygens (including phenoxy) is 1. The number of amides is 1. The van der Waals surface area contributed by atoms with Gasteiger partial charge in [0.25, 0.3) is 5.91 Å². The van der Waals surface area contributed by atoms with Gasteiger partial charge in [-0.1, -0.05) is 30.3 Å². The van der Waals surface area contributed by atoms with Crippen LogP contribution in [0.15, 0.2) is 48.5 Å². The molecule has 2 aromatic carbocycles. The lowest BCUT2D eigenvalue weighted by Crippen LogP contribution is -2.34. The molecular formula is C30H34N4O6. The van der Waals surface area contributed by atoms with Gasteiger partial charge in [0.05, 0.1) is 17.9 Å². The summed E-state index contributed by atoms with van der Waals surface area (Å²) in [5.41, 5.74) is 3.85. The molecule has 1 aliphatic rings. The van der Waals surface area contributed by atoms with Gasteiger partial charge in [0.2, 0.25) is 0 Å². The average molecular weight is 547 g/mol. The Balaban J connectivity index is 1.34. The van der Waals surface area contributed by atoms with E-state index in [-0.39, 0.29) is 23.1 Å². The Labute approximate surface area is 233 Å². The first-order valence-electron chi connectivity index (χ1n) is 13.4. The molecule has 1 aromatic heterocycles. The molecule has 0 bridgehead atoms. The molecule has 0 unspecified atom stereocenters. The SMILES string of the molecule is CCOC(=O)c1ccccc1Cc1ccc(N2CCC(Cc3nc(C)c(O)c(C(=O)NCC(=O)O)n3)CC2)cc1. The second-order valence-electron chi connectivity index (χ2n) is 9.85. The number of carboxylic acids is 1. The van der Waals surface area contributed by atoms with Gasteiger partial charge in [-0.3, -0.25) is 9.59 Å². The van der Waals surface area contributed by atoms with Gasteiger partial charge < -0.3 is 25.2 Å². The molecule has 1 saturated heterocycles. The van der Waals surface area contributed by atoms with Gasteiger partial charge in [0.15, 0.2) is 11.4 Å². The molecule has 1 aliphatic heterocycles. The zero-order valence-electron chi connectivity index (χ0n) is 22.7. The van der Waals surface area contributed by atoms with E-state index in [0.29, 0.717) is 36.8 Å². The van der Waals surface area contributed by atoms with E-state index < -0.39 is 18.4 Å². The van der Waals surface area contributed by atoms with Crippen molar-refractivity contribution < 1.29 is 29.3 Å². The van der Waals surface area contributed by atoms with Crippen LogP contribution in [0.2, 0.25) is 0 Å². The molecule has 3 N–H and O–H groups in total. The van der Waals surface area contributed by atoms with E-state index in [0.717, 1.165) is 42.7 Å². The molecule has 40 heavy (non-hydrogen) atoms. The van der Waals surface area contributed by atoms with Crippen molar-refractivity contribution in [3.63, 3.8) is 0 Å². The molecule has 0 saturated carbocycles. The molecule has 0 atom stereocenters. The molecule has 1 amide bonds. The van der Waals surface area contributed by atoms with Crippen LogP contribution in [0, 0.1) is 12.8 Å². The average Bonchev–Trinajstić information content (AvgIpc) is 2.95. The minimum absolute atomic E-state index is 0.203. The van der Waals surface area contributed by atoms with Gasteiger partial charge in [-0.2, -0.15) is 0 Å². The number of hydrogen-bond donors (Lipinski definition) is 3. The summed E-state index contributed by atoms with van der Waals surface area (Å²) in [4.78, 5) is 46.3. The van der Waals surface area contributed by atoms with Crippen LogP contribution in [0.4, 0.5) is 5.69 Å². The van der Waals surface area contributed by atoms with Crippen LogP contribution in [0.5, 0.6) is 5.75 Å². The number of aromatic hydroxyl groups is 1. The number of nitrogens with one attached hydrogen (secondary N) is 1. The number of aryl methyl sites for hydroxylation is 1. The number of piperidine rings is 1. The highest BCUT2D eigenvalue weighted by Crippen LogP contribution is 2.27. The number of benzene rings is 2. The van der Waals surface area contributed by atoms with Crippen molar-refractivity contribution in [1.29, 1.82) is 0 Å². The van der Waals surface area contributed by atoms with Gasteiger partial charge in [-0.25, -0.2) is 14.8 Å². The number of carboxylic acid groups (broad SMARTS) is 1. The maximum absolute atomic E-state index is 12.3. The molecule has 210 valence electrons. The number of hydrogen-bond acceptors (Lipinski definition) is 8. The largest absolute Gasteiger partial charge is 0.504 e. The maximum Gasteiger partial charge on any atom is 0.338 e. The Morgan fingerprint density at radius 2 is 1.75 bits per heavy atom. The summed E-state index contributed by atoms with van der Waals surface area (Å²) in [5.74, 6) is -1.79. The topological polar surface area (TPSA) is 142 Å². The fourth-order valence-corrected chi connectivity index (χ4v) is 4.89. The Morgan fingerprint density at radius 3 is 2.42 bits per heavy atom. The van der Waals surface area contributed by atoms with E-state index in [9.17, 15) is 19.5 Å². The summed E-state index contributed by atoms with van der Waals surface area (Å²) in [6, 6.07) is 15.9. The van der Waals surface area contributed by atoms with Crippen molar-refractivity contribution in [2.45, 2.75) is 39.5 Å². The minimum atomic E-state index is -1.18. The number of anilines is 1. The van der Waals surface area contributed by atoms with E-state index in [4.69, 9.17) is 9.84 Å². The highest BCUT2D eigenvalue weighted by atomic mass is 16.5. The highest BCUT2D eigenvalue weighted by molar-refractivity contribution is 5.96. The normalized spacial score (nSPS) is 13.6. The van der Waals surface area contributed by atoms with Gasteiger partial charge >= 0.3 is 11.9 Å². The summed E-state index contributed by atoms with van der Waals surface area (Å²) < 4.78 is 5.19. The fraction of sp³-hybridized carbons (Fsp3) is 0.367. The van der Waals surface area contributed by atoms with Crippen molar-refractivity contribution in [3.05, 3.63) is 82.4 Å². The zero-order valence-corrected chi connectivity index (χ0v) is 22.7. The third-order valence-corrected chi connectivity index (χ3v) is 7.01. The van der Waals surface area contributed by atoms with Crippen LogP contribution < -0.4 is 10.2 Å². The number of rotatable bonds is 10. The first kappa shape index (κ1) is 28.5. The van der Waals surface area contributed by atoms with Gasteiger partial charge in [0, 0.05) is 25.2 Å². The van der Waals surface area contributed by atoms with Crippen LogP contribution in [0.1, 0.15) is 63.3 Å². The lowest BCUT2D eigenvalue weighted by Gasteiger charge is -2.33. The second kappa shape index (κ2) is 13.1. The molecule has 10 nitrogen and oxygen atoms in total. The predicted molar refractivity (Wildman–Crippen MR) is 149 cm³/mol. The summed E-state index contributed by atoms with van der Waals surface area (Å²) in [7, 11) is 0. The molecule has 10 heteroatoms. The summed E-state index contributed by atoms with van der Waals surface area (Å²) in [6.45, 7) is 4.89. The second-order valence-corrected chi connectivity index (χ2v) is 9.85. The number of aromatic nitrogens is 2. The van der Waals surface area contributed by atoms with E-state index in [2.05, 4.69) is 44.5 Å². The first-order chi connectivity index (χ1) is 19.2. The monoisotopic (exact) mass is 546 g/mol. The number of carbonyl (C=O) groups is 3. The quantitative estimate of drug-likeness (QED) is 0.326. The molecule has 4 rings (SSSR count). The van der Waals surface area contributed by atoms with Crippen LogP contribution in [-0.2, 0) is 22.4 Å². The summed E-state index contributed by atoms with van der Waals surface area (Å²) in [6.07, 6.45) is 3.03. The van der Waals surface area contributed by atoms with Crippen LogP contribution in [0.3, 0.4) is 0 Å². The van der Waals surface area contributed by atoms with E-state index in [1.54, 1.807) is 19.9 Å². The molecule has 0 aliphatic carbocycles. The Hall–Kier alpha value is -4.47. The molecule has 2 heterocycles. The van der Waals surface area contributed by atoms with Crippen molar-refractivity contribution in [2.24, 2.45) is 5.92 Å². The molecular weight excluding hydrogens is 512 g/mol. The third kappa shape index (κ3) is 7.13. The lowest BCUT2D eigenvalue weighted by molar-refractivity contribution is -0.135. The van der Waals surface area contributed by atoms with Gasteiger partial charge in [0.1, 0.15) is 12.4 Å². The lowest BCUT2D eigenvalue weighted by atomic mass is 9.92. The van der Waals surface area contributed by atoms with Gasteiger partial charge in [-0.15, -0.1) is 0 Å². The van der Waals surface area contributed by atoms with Crippen molar-refractivity contribution in [2.75, 3.05) is 31.1 Å².